The van der Waals surface area contributed by atoms with E-state index < -0.39 is 17.8 Å². The summed E-state index contributed by atoms with van der Waals surface area (Å²) in [6, 6.07) is 6.28. The van der Waals surface area contributed by atoms with Crippen molar-refractivity contribution in [2.45, 2.75) is 32.6 Å². The van der Waals surface area contributed by atoms with Crippen LogP contribution in [0.2, 0.25) is 0 Å². The summed E-state index contributed by atoms with van der Waals surface area (Å²) >= 11 is 0. The number of fused-ring (bicyclic) bond motifs is 1. The number of carbonyl (C=O) groups excluding carboxylic acids is 1. The van der Waals surface area contributed by atoms with Gasteiger partial charge in [-0.15, -0.1) is 0 Å². The molecule has 1 fully saturated rings. The van der Waals surface area contributed by atoms with Crippen LogP contribution in [0.25, 0.3) is 0 Å². The zero-order chi connectivity index (χ0) is 19.6. The average Bonchev–Trinajstić information content (AvgIpc) is 2.62. The van der Waals surface area contributed by atoms with Crippen molar-refractivity contribution < 1.29 is 24.6 Å². The summed E-state index contributed by atoms with van der Waals surface area (Å²) in [5, 5.41) is 18.2. The summed E-state index contributed by atoms with van der Waals surface area (Å²) in [6.07, 6.45) is 1.95. The molecular weight excluding hydrogens is 348 g/mol. The molecule has 7 heteroatoms. The lowest BCUT2D eigenvalue weighted by Gasteiger charge is -2.38. The van der Waals surface area contributed by atoms with Gasteiger partial charge < -0.3 is 15.1 Å². The van der Waals surface area contributed by atoms with Crippen molar-refractivity contribution in [3.63, 3.8) is 0 Å². The number of carboxylic acids is 2. The van der Waals surface area contributed by atoms with Crippen molar-refractivity contribution in [3.8, 4) is 0 Å². The minimum Gasteiger partial charge on any atom is -0.481 e. The van der Waals surface area contributed by atoms with E-state index in [0.717, 1.165) is 23.3 Å². The van der Waals surface area contributed by atoms with Gasteiger partial charge in [-0.1, -0.05) is 17.7 Å². The molecule has 0 aromatic heterocycles. The number of aryl methyl sites for hydroxylation is 1. The Morgan fingerprint density at radius 3 is 2.70 bits per heavy atom. The number of aliphatic carboxylic acids is 2. The highest BCUT2D eigenvalue weighted by molar-refractivity contribution is 6.31. The predicted molar refractivity (Wildman–Crippen MR) is 99.0 cm³/mol. The van der Waals surface area contributed by atoms with Crippen LogP contribution >= 0.6 is 0 Å². The quantitative estimate of drug-likeness (QED) is 0.783. The van der Waals surface area contributed by atoms with E-state index in [4.69, 9.17) is 5.11 Å². The number of rotatable bonds is 4. The van der Waals surface area contributed by atoms with Crippen LogP contribution in [0.3, 0.4) is 0 Å². The maximum atomic E-state index is 11.9. The van der Waals surface area contributed by atoms with Crippen LogP contribution in [0.15, 0.2) is 23.2 Å². The highest BCUT2D eigenvalue weighted by Gasteiger charge is 2.35. The smallest absolute Gasteiger partial charge is 0.394 e. The van der Waals surface area contributed by atoms with Gasteiger partial charge in [-0.25, -0.2) is 4.79 Å². The molecule has 0 saturated carbocycles. The normalized spacial score (nSPS) is 22.0. The van der Waals surface area contributed by atoms with Crippen molar-refractivity contribution >= 4 is 23.6 Å². The van der Waals surface area contributed by atoms with E-state index in [1.54, 1.807) is 0 Å². The van der Waals surface area contributed by atoms with E-state index in [1.807, 2.05) is 6.92 Å². The minimum atomic E-state index is -1.47. The zero-order valence-corrected chi connectivity index (χ0v) is 15.4. The van der Waals surface area contributed by atoms with Crippen LogP contribution in [0, 0.1) is 18.8 Å². The van der Waals surface area contributed by atoms with Crippen LogP contribution in [0.1, 0.15) is 36.0 Å². The predicted octanol–water partition coefficient (Wildman–Crippen LogP) is 1.75. The monoisotopic (exact) mass is 372 g/mol. The number of aliphatic imine (C=N–C) groups is 1. The molecule has 0 bridgehead atoms. The maximum absolute atomic E-state index is 11.9. The van der Waals surface area contributed by atoms with Gasteiger partial charge in [0.2, 0.25) is 0 Å². The Morgan fingerprint density at radius 2 is 2.00 bits per heavy atom. The first-order chi connectivity index (χ1) is 12.8. The summed E-state index contributed by atoms with van der Waals surface area (Å²) in [5.74, 6) is -3.48. The molecule has 0 aliphatic carbocycles. The Labute approximate surface area is 157 Å². The number of likely N-dealkylation sites (tertiary alicyclic amines) is 1. The maximum Gasteiger partial charge on any atom is 0.394 e. The minimum absolute atomic E-state index is 0.0216. The Bertz CT molecular complexity index is 802. The molecule has 7 nitrogen and oxygen atoms in total. The Balaban J connectivity index is 1.83. The van der Waals surface area contributed by atoms with E-state index in [-0.39, 0.29) is 31.3 Å². The summed E-state index contributed by atoms with van der Waals surface area (Å²) < 4.78 is 0. The number of piperidine rings is 1. The number of nitrogens with zero attached hydrogens (tertiary/aromatic N) is 2. The molecule has 2 heterocycles. The Kier molecular flexibility index (Phi) is 5.58. The molecule has 1 aromatic carbocycles. The SMILES string of the molecule is Cc1ccc2c(c1)C(C[C@H]1CN(C(=O)C(=O)O)CC[C@H]1CC(=O)O)=NCC2. The molecule has 0 spiro atoms. The average molecular weight is 372 g/mol. The fourth-order valence-electron chi connectivity index (χ4n) is 4.12. The molecule has 2 aliphatic heterocycles. The molecule has 1 saturated heterocycles. The van der Waals surface area contributed by atoms with E-state index >= 15 is 0 Å². The summed E-state index contributed by atoms with van der Waals surface area (Å²) in [7, 11) is 0. The number of benzene rings is 1. The molecule has 144 valence electrons. The van der Waals surface area contributed by atoms with Crippen molar-refractivity contribution in [2.24, 2.45) is 16.8 Å². The number of hydrogen-bond acceptors (Lipinski definition) is 4. The summed E-state index contributed by atoms with van der Waals surface area (Å²) in [5.41, 5.74) is 4.40. The standard InChI is InChI=1S/C20H24N2O5/c1-12-2-3-13-4-6-21-17(16(13)8-12)9-15-11-22(19(25)20(26)27)7-5-14(15)10-18(23)24/h2-3,8,14-15H,4-7,9-11H2,1H3,(H,23,24)(H,26,27)/t14-,15-/m0/s1. The number of hydrogen-bond donors (Lipinski definition) is 2. The largest absolute Gasteiger partial charge is 0.481 e. The third-order valence-electron chi connectivity index (χ3n) is 5.51. The first kappa shape index (κ1) is 19.1. The molecule has 27 heavy (non-hydrogen) atoms. The second kappa shape index (κ2) is 7.90. The molecule has 0 radical (unpaired) electrons. The highest BCUT2D eigenvalue weighted by atomic mass is 16.4. The van der Waals surface area contributed by atoms with Crippen LogP contribution in [0.5, 0.6) is 0 Å². The fraction of sp³-hybridized carbons (Fsp3) is 0.500. The van der Waals surface area contributed by atoms with Gasteiger partial charge in [0.05, 0.1) is 0 Å². The molecule has 1 amide bonds. The number of carboxylic acid groups (broad SMARTS) is 2. The lowest BCUT2D eigenvalue weighted by molar-refractivity contribution is -0.157. The number of carbonyl (C=O) groups is 3. The van der Waals surface area contributed by atoms with Gasteiger partial charge in [-0.05, 0) is 55.2 Å². The van der Waals surface area contributed by atoms with Crippen LogP contribution in [-0.4, -0.2) is 58.3 Å². The van der Waals surface area contributed by atoms with Gasteiger partial charge in [0, 0.05) is 31.8 Å². The van der Waals surface area contributed by atoms with Gasteiger partial charge in [-0.3, -0.25) is 14.6 Å². The van der Waals surface area contributed by atoms with Gasteiger partial charge >= 0.3 is 17.8 Å². The molecule has 2 N–H and O–H groups in total. The van der Waals surface area contributed by atoms with Crippen LogP contribution in [-0.2, 0) is 20.8 Å². The van der Waals surface area contributed by atoms with Crippen molar-refractivity contribution in [1.82, 2.24) is 4.90 Å². The van der Waals surface area contributed by atoms with E-state index in [9.17, 15) is 19.5 Å². The van der Waals surface area contributed by atoms with Crippen molar-refractivity contribution in [1.29, 1.82) is 0 Å². The van der Waals surface area contributed by atoms with E-state index in [1.165, 1.54) is 10.5 Å². The van der Waals surface area contributed by atoms with Crippen LogP contribution < -0.4 is 0 Å². The molecule has 0 unspecified atom stereocenters. The van der Waals surface area contributed by atoms with E-state index in [2.05, 4.69) is 23.2 Å². The van der Waals surface area contributed by atoms with Crippen molar-refractivity contribution in [2.75, 3.05) is 19.6 Å². The zero-order valence-electron chi connectivity index (χ0n) is 15.4. The Hall–Kier alpha value is -2.70. The highest BCUT2D eigenvalue weighted by Crippen LogP contribution is 2.32. The van der Waals surface area contributed by atoms with Gasteiger partial charge in [0.15, 0.2) is 0 Å². The fourth-order valence-corrected chi connectivity index (χ4v) is 4.12. The van der Waals surface area contributed by atoms with Crippen LogP contribution in [0.4, 0.5) is 0 Å². The van der Waals surface area contributed by atoms with Gasteiger partial charge in [-0.2, -0.15) is 0 Å². The van der Waals surface area contributed by atoms with Gasteiger partial charge in [0.1, 0.15) is 0 Å². The first-order valence-corrected chi connectivity index (χ1v) is 9.22. The third-order valence-corrected chi connectivity index (χ3v) is 5.51. The van der Waals surface area contributed by atoms with Gasteiger partial charge in [0.25, 0.3) is 0 Å². The summed E-state index contributed by atoms with van der Waals surface area (Å²) in [6.45, 7) is 3.25. The Morgan fingerprint density at radius 1 is 1.22 bits per heavy atom. The topological polar surface area (TPSA) is 107 Å². The molecule has 2 aliphatic rings. The first-order valence-electron chi connectivity index (χ1n) is 9.22. The molecule has 1 aromatic rings. The second-order valence-electron chi connectivity index (χ2n) is 7.41. The summed E-state index contributed by atoms with van der Waals surface area (Å²) in [4.78, 5) is 40.2. The molecular formula is C20H24N2O5. The van der Waals surface area contributed by atoms with E-state index in [0.29, 0.717) is 19.4 Å². The number of amides is 1. The lowest BCUT2D eigenvalue weighted by atomic mass is 9.78. The molecule has 2 atom stereocenters. The third kappa shape index (κ3) is 4.35. The molecule has 3 rings (SSSR count). The second-order valence-corrected chi connectivity index (χ2v) is 7.41. The lowest BCUT2D eigenvalue weighted by Crippen LogP contribution is -2.47. The van der Waals surface area contributed by atoms with Crippen molar-refractivity contribution in [3.05, 3.63) is 34.9 Å².